The summed E-state index contributed by atoms with van der Waals surface area (Å²) in [6.45, 7) is 5.83. The molecule has 2 saturated carbocycles. The van der Waals surface area contributed by atoms with E-state index < -0.39 is 0 Å². The number of likely N-dealkylation sites (tertiary alicyclic amines) is 3. The maximum Gasteiger partial charge on any atom is 0.246 e. The first-order valence-electron chi connectivity index (χ1n) is 40.7. The molecule has 13 aromatic rings. The molecule has 3 amide bonds. The van der Waals surface area contributed by atoms with Crippen molar-refractivity contribution in [3.63, 3.8) is 0 Å². The Morgan fingerprint density at radius 2 is 0.792 bits per heavy atom. The molecule has 3 atom stereocenters. The molecule has 614 valence electrons. The molecule has 28 heteroatoms. The van der Waals surface area contributed by atoms with Crippen molar-refractivity contribution in [1.29, 1.82) is 0 Å². The summed E-state index contributed by atoms with van der Waals surface area (Å²) >= 11 is 0. The highest BCUT2D eigenvalue weighted by atomic mass is 16.5. The molecule has 5 aliphatic rings. The molecule has 5 fully saturated rings. The van der Waals surface area contributed by atoms with Crippen molar-refractivity contribution in [2.75, 3.05) is 95.1 Å². The van der Waals surface area contributed by atoms with E-state index in [0.29, 0.717) is 103 Å². The van der Waals surface area contributed by atoms with Gasteiger partial charge in [-0.2, -0.15) is 15.3 Å². The van der Waals surface area contributed by atoms with Gasteiger partial charge in [-0.1, -0.05) is 99.2 Å². The van der Waals surface area contributed by atoms with Gasteiger partial charge >= 0.3 is 0 Å². The topological polar surface area (TPSA) is 329 Å². The lowest BCUT2D eigenvalue weighted by atomic mass is 9.92. The molecule has 3 aliphatic heterocycles. The van der Waals surface area contributed by atoms with Crippen molar-refractivity contribution in [2.45, 2.75) is 102 Å². The number of nitrogen functional groups attached to an aromatic ring is 3. The molecule has 2 aliphatic carbocycles. The number of piperidine rings is 1. The summed E-state index contributed by atoms with van der Waals surface area (Å²) in [5.74, 6) is 6.55. The number of fused-ring (bicyclic) bond motifs is 3. The van der Waals surface area contributed by atoms with Gasteiger partial charge in [-0.3, -0.25) is 19.3 Å². The van der Waals surface area contributed by atoms with E-state index in [-0.39, 0.29) is 43.3 Å². The van der Waals surface area contributed by atoms with Crippen LogP contribution < -0.4 is 41.6 Å². The Morgan fingerprint density at radius 1 is 0.417 bits per heavy atom. The molecule has 6 aromatic carbocycles. The average molecular weight is 1610 g/mol. The molecular formula is C92H100N22O6. The number of nitrogens with zero attached hydrogens (tertiary/aromatic N) is 18. The molecule has 7 N–H and O–H groups in total. The second-order valence-corrected chi connectivity index (χ2v) is 30.4. The number of hydrogen-bond donors (Lipinski definition) is 4. The number of likely N-dealkylation sites (N-methyl/N-ethyl adjacent to an activating group) is 2. The summed E-state index contributed by atoms with van der Waals surface area (Å²) in [4.78, 5) is 79.4. The summed E-state index contributed by atoms with van der Waals surface area (Å²) in [6.07, 6.45) is 27.9. The predicted molar refractivity (Wildman–Crippen MR) is 468 cm³/mol. The predicted octanol–water partition coefficient (Wildman–Crippen LogP) is 14.8. The third-order valence-corrected chi connectivity index (χ3v) is 22.5. The third-order valence-electron chi connectivity index (χ3n) is 22.5. The zero-order valence-corrected chi connectivity index (χ0v) is 66.6. The van der Waals surface area contributed by atoms with Gasteiger partial charge in [0, 0.05) is 119 Å². The Morgan fingerprint density at radius 3 is 1.18 bits per heavy atom. The van der Waals surface area contributed by atoms with Crippen LogP contribution in [0.2, 0.25) is 0 Å². The molecule has 120 heavy (non-hydrogen) atoms. The minimum absolute atomic E-state index is 0. The number of ether oxygens (including phenoxy) is 3. The van der Waals surface area contributed by atoms with E-state index >= 15 is 0 Å². The van der Waals surface area contributed by atoms with E-state index in [0.717, 1.165) is 118 Å². The number of para-hydroxylation sites is 3. The van der Waals surface area contributed by atoms with Gasteiger partial charge in [0.2, 0.25) is 17.7 Å². The second-order valence-electron chi connectivity index (χ2n) is 30.4. The van der Waals surface area contributed by atoms with Crippen LogP contribution in [0.25, 0.3) is 66.9 Å². The lowest BCUT2D eigenvalue weighted by Gasteiger charge is -2.33. The number of carbonyl (C=O) groups is 3. The van der Waals surface area contributed by atoms with Crippen LogP contribution in [0.15, 0.2) is 244 Å². The maximum absolute atomic E-state index is 13.1. The van der Waals surface area contributed by atoms with Crippen molar-refractivity contribution >= 4 is 74.1 Å². The van der Waals surface area contributed by atoms with Gasteiger partial charge in [0.15, 0.2) is 16.9 Å². The van der Waals surface area contributed by atoms with Gasteiger partial charge in [-0.25, -0.2) is 48.9 Å². The summed E-state index contributed by atoms with van der Waals surface area (Å²) in [7, 11) is 4.08. The Bertz CT molecular complexity index is 5730. The zero-order chi connectivity index (χ0) is 81.6. The number of rotatable bonds is 24. The number of amides is 3. The van der Waals surface area contributed by atoms with E-state index in [1.807, 2.05) is 241 Å². The highest BCUT2D eigenvalue weighted by Crippen LogP contribution is 2.40. The monoisotopic (exact) mass is 1610 g/mol. The van der Waals surface area contributed by atoms with Crippen molar-refractivity contribution < 1.29 is 28.6 Å². The SMILES string of the molecule is C.CN(C/C=C/C(=O)N1CCC(n2nc(-c3ccc(Oc4ccccc4)cc3)c3c(N)ncnc32)C1)C1CCC1.CN(C/C=C/C(=O)N1CCCC(n2nc(-c3ccc(Oc4ccccc4)cc3)c3c(N)ncnc32)C1)c1ccccn1.Nc1ncnc2c1c(-c1ccc(Oc3ccccc3)cc1)nn2C1CCN(C(=O)/C=C/CNC2CCC2)C1. The van der Waals surface area contributed by atoms with Gasteiger partial charge in [0.1, 0.15) is 93.8 Å². The number of hydrogen-bond acceptors (Lipinski definition) is 22. The number of carbonyl (C=O) groups excluding carboxylic acids is 3. The standard InChI is InChI=1S/C32H32N8O2.C30H33N7O2.C29H31N7O2.CH4/c1-38(27-12-5-6-18-34-27)19-8-13-28(41)39-20-7-9-24(21-39)40-32-29(31(33)35-22-36-32)30(37-40)23-14-16-26(17-15-23)42-25-10-3-2-4-11-25;1-35(22-7-5-8-22)17-6-11-26(38)36-18-16-23(19-36)37-30-27(29(31)32-20-33-30)28(34-37)21-12-14-25(15-13-21)39-24-9-3-2-4-10-24;30-28-26-27(20-11-13-24(14-12-20)38-23-8-2-1-3-9-23)34-36(29(26)33-19-32-28)22-15-17-35(18-22)25(37)10-5-16-31-21-6-4-7-21;/h2-6,8,10-18,22,24H,7,9,19-21H2,1H3,(H2,33,35,36);2-4,6,9-15,20,22-23H,5,7-8,16-19H2,1H3,(H2,31,32,33);1-3,5,8-14,19,21-22,31H,4,6-7,15-18H2,(H2,30,32,33);1H4/b13-8+;11-6+;10-5+;. The quantitative estimate of drug-likeness (QED) is 0.0408. The number of aromatic nitrogens is 13. The molecule has 28 nitrogen and oxygen atoms in total. The fourth-order valence-electron chi connectivity index (χ4n) is 15.5. The van der Waals surface area contributed by atoms with Crippen LogP contribution in [0.4, 0.5) is 23.3 Å². The highest BCUT2D eigenvalue weighted by molar-refractivity contribution is 6.01. The Balaban J connectivity index is 0.000000140. The first-order chi connectivity index (χ1) is 58.3. The molecular weight excluding hydrogens is 1510 g/mol. The molecule has 3 saturated heterocycles. The van der Waals surface area contributed by atoms with Gasteiger partial charge in [-0.15, -0.1) is 0 Å². The average Bonchev–Trinajstić information content (AvgIpc) is 1.61. The number of anilines is 4. The van der Waals surface area contributed by atoms with Crippen molar-refractivity contribution in [2.24, 2.45) is 0 Å². The van der Waals surface area contributed by atoms with Crippen molar-refractivity contribution in [3.05, 3.63) is 244 Å². The number of pyridine rings is 1. The molecule has 0 radical (unpaired) electrons. The number of nitrogens with two attached hydrogens (primary N) is 3. The lowest BCUT2D eigenvalue weighted by molar-refractivity contribution is -0.128. The number of nitrogens with one attached hydrogen (secondary N) is 1. The molecule has 0 spiro atoms. The fourth-order valence-corrected chi connectivity index (χ4v) is 15.5. The second kappa shape index (κ2) is 38.1. The Hall–Kier alpha value is -13.7. The van der Waals surface area contributed by atoms with Gasteiger partial charge in [-0.05, 0) is 180 Å². The minimum atomic E-state index is -0.0430. The van der Waals surface area contributed by atoms with Crippen LogP contribution in [0.3, 0.4) is 0 Å². The van der Waals surface area contributed by atoms with Crippen molar-refractivity contribution in [1.82, 2.24) is 89.1 Å². The number of benzene rings is 6. The highest BCUT2D eigenvalue weighted by Gasteiger charge is 2.34. The van der Waals surface area contributed by atoms with E-state index in [1.54, 1.807) is 24.4 Å². The molecule has 7 aromatic heterocycles. The molecule has 10 heterocycles. The third kappa shape index (κ3) is 19.1. The summed E-state index contributed by atoms with van der Waals surface area (Å²) in [5, 5.41) is 20.5. The molecule has 18 rings (SSSR count). The van der Waals surface area contributed by atoms with Crippen LogP contribution in [0.1, 0.15) is 89.8 Å². The van der Waals surface area contributed by atoms with Gasteiger partial charge in [0.25, 0.3) is 0 Å². The van der Waals surface area contributed by atoms with E-state index in [2.05, 4.69) is 52.2 Å². The van der Waals surface area contributed by atoms with E-state index in [4.69, 9.17) is 46.7 Å². The summed E-state index contributed by atoms with van der Waals surface area (Å²) in [5.41, 5.74) is 25.8. The normalized spacial score (nSPS) is 16.8. The zero-order valence-electron chi connectivity index (χ0n) is 66.6. The van der Waals surface area contributed by atoms with Crippen LogP contribution in [-0.4, -0.2) is 187 Å². The largest absolute Gasteiger partial charge is 0.457 e. The van der Waals surface area contributed by atoms with Crippen molar-refractivity contribution in [3.8, 4) is 68.3 Å². The minimum Gasteiger partial charge on any atom is -0.457 e. The summed E-state index contributed by atoms with van der Waals surface area (Å²) < 4.78 is 23.6. The van der Waals surface area contributed by atoms with Crippen LogP contribution in [0, 0.1) is 0 Å². The summed E-state index contributed by atoms with van der Waals surface area (Å²) in [6, 6.07) is 59.2. The van der Waals surface area contributed by atoms with Crippen LogP contribution in [0.5, 0.6) is 34.5 Å². The smallest absolute Gasteiger partial charge is 0.246 e. The van der Waals surface area contributed by atoms with E-state index in [9.17, 15) is 14.4 Å². The van der Waals surface area contributed by atoms with Crippen LogP contribution in [-0.2, 0) is 14.4 Å². The Labute approximate surface area is 697 Å². The first kappa shape index (κ1) is 81.4. The van der Waals surface area contributed by atoms with Crippen LogP contribution >= 0.6 is 0 Å². The lowest BCUT2D eigenvalue weighted by Crippen LogP contribution is -2.40. The van der Waals surface area contributed by atoms with Gasteiger partial charge in [0.05, 0.1) is 34.3 Å². The fraction of sp³-hybridized carbons (Fsp3) is 0.293. The maximum atomic E-state index is 13.1. The van der Waals surface area contributed by atoms with Gasteiger partial charge < -0.3 is 56.3 Å². The van der Waals surface area contributed by atoms with E-state index in [1.165, 1.54) is 57.5 Å². The molecule has 0 bridgehead atoms. The molecule has 3 unspecified atom stereocenters. The Kier molecular flexibility index (Phi) is 25.9. The first-order valence-corrected chi connectivity index (χ1v) is 40.7.